The molecule has 15 heavy (non-hydrogen) atoms. The van der Waals surface area contributed by atoms with Crippen molar-refractivity contribution in [3.63, 3.8) is 0 Å². The van der Waals surface area contributed by atoms with Crippen molar-refractivity contribution in [3.05, 3.63) is 49.1 Å². The lowest BCUT2D eigenvalue weighted by Gasteiger charge is -2.17. The summed E-state index contributed by atoms with van der Waals surface area (Å²) in [5.41, 5.74) is 1.84. The Balaban J connectivity index is 2.38. The van der Waals surface area contributed by atoms with Crippen LogP contribution in [0.2, 0.25) is 0 Å². The monoisotopic (exact) mass is 198 g/mol. The molecule has 0 aromatic carbocycles. The summed E-state index contributed by atoms with van der Waals surface area (Å²) in [6.07, 6.45) is 6.87. The fourth-order valence-corrected chi connectivity index (χ4v) is 1.28. The molecule has 0 amide bonds. The fraction of sp³-hybridized carbons (Fsp3) is 0. The summed E-state index contributed by atoms with van der Waals surface area (Å²) in [7, 11) is 0. The molecule has 0 radical (unpaired) electrons. The van der Waals surface area contributed by atoms with Crippen LogP contribution in [0, 0.1) is 0 Å². The van der Waals surface area contributed by atoms with Crippen molar-refractivity contribution >= 4 is 18.1 Å². The molecule has 0 atom stereocenters. The zero-order chi connectivity index (χ0) is 10.5. The standard InChI is InChI=1S/C11H10N4/c1-12-15(10-2-6-13-7-3-10)11-4-8-14-9-5-11/h2-9H,1H2. The topological polar surface area (TPSA) is 41.4 Å². The molecule has 4 nitrogen and oxygen atoms in total. The number of anilines is 2. The van der Waals surface area contributed by atoms with Crippen LogP contribution in [0.15, 0.2) is 54.2 Å². The third-order valence-corrected chi connectivity index (χ3v) is 1.96. The van der Waals surface area contributed by atoms with Gasteiger partial charge in [-0.2, -0.15) is 5.10 Å². The maximum atomic E-state index is 3.96. The van der Waals surface area contributed by atoms with Gasteiger partial charge in [0.05, 0.1) is 11.4 Å². The molecule has 0 aliphatic carbocycles. The molecule has 2 rings (SSSR count). The van der Waals surface area contributed by atoms with Crippen LogP contribution in [-0.2, 0) is 0 Å². The molecular weight excluding hydrogens is 188 g/mol. The van der Waals surface area contributed by atoms with Crippen LogP contribution >= 0.6 is 0 Å². The van der Waals surface area contributed by atoms with E-state index >= 15 is 0 Å². The summed E-state index contributed by atoms with van der Waals surface area (Å²) in [5, 5.41) is 5.68. The van der Waals surface area contributed by atoms with Gasteiger partial charge in [0, 0.05) is 31.5 Å². The van der Waals surface area contributed by atoms with Gasteiger partial charge in [-0.15, -0.1) is 0 Å². The van der Waals surface area contributed by atoms with Crippen molar-refractivity contribution < 1.29 is 0 Å². The van der Waals surface area contributed by atoms with Gasteiger partial charge in [0.1, 0.15) is 0 Å². The predicted molar refractivity (Wildman–Crippen MR) is 60.2 cm³/mol. The van der Waals surface area contributed by atoms with Crippen molar-refractivity contribution in [2.24, 2.45) is 5.10 Å². The molecule has 0 saturated heterocycles. The molecule has 0 unspecified atom stereocenters. The summed E-state index contributed by atoms with van der Waals surface area (Å²) in [5.74, 6) is 0. The molecule has 0 N–H and O–H groups in total. The highest BCUT2D eigenvalue weighted by molar-refractivity contribution is 5.62. The Hall–Kier alpha value is -2.23. The number of rotatable bonds is 3. The lowest BCUT2D eigenvalue weighted by molar-refractivity contribution is 1.08. The Morgan fingerprint density at radius 2 is 1.27 bits per heavy atom. The Morgan fingerprint density at radius 1 is 0.867 bits per heavy atom. The molecule has 0 aliphatic rings. The number of hydrogen-bond acceptors (Lipinski definition) is 4. The van der Waals surface area contributed by atoms with Gasteiger partial charge >= 0.3 is 0 Å². The second-order valence-electron chi connectivity index (χ2n) is 2.86. The summed E-state index contributed by atoms with van der Waals surface area (Å²) < 4.78 is 0. The van der Waals surface area contributed by atoms with Crippen LogP contribution in [-0.4, -0.2) is 16.7 Å². The maximum Gasteiger partial charge on any atom is 0.0683 e. The number of pyridine rings is 2. The van der Waals surface area contributed by atoms with E-state index in [4.69, 9.17) is 0 Å². The first kappa shape index (κ1) is 9.33. The van der Waals surface area contributed by atoms with Gasteiger partial charge in [-0.25, -0.2) is 5.01 Å². The van der Waals surface area contributed by atoms with E-state index in [-0.39, 0.29) is 0 Å². The molecule has 0 spiro atoms. The minimum absolute atomic E-state index is 0.922. The summed E-state index contributed by atoms with van der Waals surface area (Å²) in [4.78, 5) is 7.91. The van der Waals surface area contributed by atoms with Gasteiger partial charge in [-0.05, 0) is 24.3 Å². The van der Waals surface area contributed by atoms with Gasteiger partial charge in [0.25, 0.3) is 0 Å². The van der Waals surface area contributed by atoms with Gasteiger partial charge in [-0.3, -0.25) is 9.97 Å². The second kappa shape index (κ2) is 4.32. The lowest BCUT2D eigenvalue weighted by Crippen LogP contribution is -2.07. The minimum Gasteiger partial charge on any atom is -0.265 e. The molecule has 2 aromatic rings. The predicted octanol–water partition coefficient (Wildman–Crippen LogP) is 2.23. The number of hydrazone groups is 1. The first-order chi connectivity index (χ1) is 7.42. The van der Waals surface area contributed by atoms with Crippen LogP contribution in [0.4, 0.5) is 11.4 Å². The van der Waals surface area contributed by atoms with E-state index < -0.39 is 0 Å². The Kier molecular flexibility index (Phi) is 2.69. The van der Waals surface area contributed by atoms with E-state index in [9.17, 15) is 0 Å². The van der Waals surface area contributed by atoms with Crippen molar-refractivity contribution in [2.75, 3.05) is 5.01 Å². The lowest BCUT2D eigenvalue weighted by atomic mass is 10.3. The molecule has 0 saturated carbocycles. The molecular formula is C11H10N4. The molecule has 74 valence electrons. The highest BCUT2D eigenvalue weighted by Gasteiger charge is 2.05. The zero-order valence-electron chi connectivity index (χ0n) is 8.11. The first-order valence-electron chi connectivity index (χ1n) is 4.48. The second-order valence-corrected chi connectivity index (χ2v) is 2.86. The number of hydrogen-bond donors (Lipinski definition) is 0. The van der Waals surface area contributed by atoms with Gasteiger partial charge in [0.2, 0.25) is 0 Å². The van der Waals surface area contributed by atoms with Crippen LogP contribution in [0.1, 0.15) is 0 Å². The SMILES string of the molecule is C=NN(c1ccncc1)c1ccncc1. The van der Waals surface area contributed by atoms with E-state index in [1.165, 1.54) is 0 Å². The van der Waals surface area contributed by atoms with E-state index in [1.54, 1.807) is 29.8 Å². The highest BCUT2D eigenvalue weighted by Crippen LogP contribution is 2.23. The first-order valence-corrected chi connectivity index (χ1v) is 4.48. The van der Waals surface area contributed by atoms with Crippen LogP contribution in [0.3, 0.4) is 0 Å². The molecule has 0 fully saturated rings. The third kappa shape index (κ3) is 1.99. The van der Waals surface area contributed by atoms with Crippen molar-refractivity contribution in [1.82, 2.24) is 9.97 Å². The smallest absolute Gasteiger partial charge is 0.0683 e. The Morgan fingerprint density at radius 3 is 1.60 bits per heavy atom. The molecule has 2 aromatic heterocycles. The van der Waals surface area contributed by atoms with Crippen molar-refractivity contribution in [3.8, 4) is 0 Å². The van der Waals surface area contributed by atoms with Crippen LogP contribution in [0.5, 0.6) is 0 Å². The average molecular weight is 198 g/mol. The summed E-state index contributed by atoms with van der Waals surface area (Å²) >= 11 is 0. The molecule has 0 bridgehead atoms. The normalized spacial score (nSPS) is 9.60. The molecule has 2 heterocycles. The van der Waals surface area contributed by atoms with Gasteiger partial charge < -0.3 is 0 Å². The van der Waals surface area contributed by atoms with Crippen LogP contribution in [0.25, 0.3) is 0 Å². The van der Waals surface area contributed by atoms with E-state index in [0.29, 0.717) is 0 Å². The largest absolute Gasteiger partial charge is 0.265 e. The number of aromatic nitrogens is 2. The third-order valence-electron chi connectivity index (χ3n) is 1.96. The van der Waals surface area contributed by atoms with Crippen molar-refractivity contribution in [1.29, 1.82) is 0 Å². The summed E-state index contributed by atoms with van der Waals surface area (Å²) in [6.45, 7) is 3.55. The van der Waals surface area contributed by atoms with Gasteiger partial charge in [0.15, 0.2) is 0 Å². The van der Waals surface area contributed by atoms with Crippen LogP contribution < -0.4 is 5.01 Å². The quantitative estimate of drug-likeness (QED) is 0.561. The summed E-state index contributed by atoms with van der Waals surface area (Å²) in [6, 6.07) is 7.48. The Bertz CT molecular complexity index is 387. The highest BCUT2D eigenvalue weighted by atomic mass is 15.4. The average Bonchev–Trinajstić information content (AvgIpc) is 2.33. The van der Waals surface area contributed by atoms with Gasteiger partial charge in [-0.1, -0.05) is 0 Å². The molecule has 0 aliphatic heterocycles. The number of nitrogens with zero attached hydrogens (tertiary/aromatic N) is 4. The van der Waals surface area contributed by atoms with E-state index in [2.05, 4.69) is 21.8 Å². The Labute approximate surface area is 87.9 Å². The zero-order valence-corrected chi connectivity index (χ0v) is 8.11. The van der Waals surface area contributed by atoms with E-state index in [0.717, 1.165) is 11.4 Å². The molecule has 4 heteroatoms. The van der Waals surface area contributed by atoms with E-state index in [1.807, 2.05) is 24.3 Å². The minimum atomic E-state index is 0.922. The maximum absolute atomic E-state index is 3.96. The van der Waals surface area contributed by atoms with Crippen molar-refractivity contribution in [2.45, 2.75) is 0 Å². The fourth-order valence-electron chi connectivity index (χ4n) is 1.28.